The molecule has 7 rings (SSSR count). The van der Waals surface area contributed by atoms with Crippen LogP contribution in [0.15, 0.2) is 139 Å². The number of thiophene rings is 1. The number of hydrogen-bond acceptors (Lipinski definition) is 4. The molecule has 1 aliphatic heterocycles. The number of nitrogens with one attached hydrogen (secondary N) is 2. The molecule has 6 aromatic rings. The van der Waals surface area contributed by atoms with Gasteiger partial charge in [-0.2, -0.15) is 0 Å². The standard InChI is InChI=1S/C37H30N4O2S/c42-34(23-27-22-26-12-10-11-19-31(26)40-36(27)43)39-32-20-21-44-35(32)33-24-41(25-38-33)37(28-13-4-1-5-14-28,29-15-6-2-7-16-29)30-17-8-3-9-18-30/h1-21,24-25,27H,22-23H2,(H,39,42)(H,40,43). The van der Waals surface area contributed by atoms with E-state index in [1.807, 2.05) is 60.2 Å². The SMILES string of the molecule is O=C(CC1Cc2ccccc2NC1=O)Nc1ccsc1-c1cn(C(c2ccccc2)(c2ccccc2)c2ccccc2)cn1. The van der Waals surface area contributed by atoms with Gasteiger partial charge in [0, 0.05) is 18.3 Å². The second-order valence-electron chi connectivity index (χ2n) is 10.9. The van der Waals surface area contributed by atoms with Crippen LogP contribution in [-0.4, -0.2) is 21.4 Å². The minimum absolute atomic E-state index is 0.100. The van der Waals surface area contributed by atoms with Crippen molar-refractivity contribution in [2.24, 2.45) is 5.92 Å². The zero-order valence-electron chi connectivity index (χ0n) is 23.9. The number of benzene rings is 4. The largest absolute Gasteiger partial charge is 0.326 e. The summed E-state index contributed by atoms with van der Waals surface area (Å²) in [5.41, 5.74) is 5.95. The number of hydrogen-bond donors (Lipinski definition) is 2. The highest BCUT2D eigenvalue weighted by atomic mass is 32.1. The van der Waals surface area contributed by atoms with E-state index in [1.165, 1.54) is 11.3 Å². The molecule has 2 aromatic heterocycles. The van der Waals surface area contributed by atoms with Crippen molar-refractivity contribution >= 4 is 34.5 Å². The number of para-hydroxylation sites is 1. The van der Waals surface area contributed by atoms with E-state index in [2.05, 4.69) is 94.2 Å². The first-order valence-electron chi connectivity index (χ1n) is 14.6. The van der Waals surface area contributed by atoms with Crippen LogP contribution in [0.2, 0.25) is 0 Å². The summed E-state index contributed by atoms with van der Waals surface area (Å²) in [4.78, 5) is 31.7. The topological polar surface area (TPSA) is 76.0 Å². The predicted molar refractivity (Wildman–Crippen MR) is 176 cm³/mol. The van der Waals surface area contributed by atoms with Gasteiger partial charge in [0.25, 0.3) is 0 Å². The molecule has 1 aliphatic rings. The lowest BCUT2D eigenvalue weighted by Crippen LogP contribution is -2.36. The van der Waals surface area contributed by atoms with Crippen LogP contribution in [0.25, 0.3) is 10.6 Å². The zero-order valence-corrected chi connectivity index (χ0v) is 24.7. The third-order valence-electron chi connectivity index (χ3n) is 8.26. The quantitative estimate of drug-likeness (QED) is 0.178. The Morgan fingerprint density at radius 3 is 2.07 bits per heavy atom. The number of amides is 2. The van der Waals surface area contributed by atoms with E-state index in [0.29, 0.717) is 12.1 Å². The van der Waals surface area contributed by atoms with Gasteiger partial charge in [-0.25, -0.2) is 4.98 Å². The van der Waals surface area contributed by atoms with Crippen LogP contribution in [0.1, 0.15) is 28.7 Å². The van der Waals surface area contributed by atoms with Gasteiger partial charge in [-0.15, -0.1) is 11.3 Å². The summed E-state index contributed by atoms with van der Waals surface area (Å²) in [5.74, 6) is -0.743. The molecule has 2 N–H and O–H groups in total. The Bertz CT molecular complexity index is 1820. The molecular formula is C37H30N4O2S. The van der Waals surface area contributed by atoms with E-state index in [9.17, 15) is 9.59 Å². The second-order valence-corrected chi connectivity index (χ2v) is 11.9. The van der Waals surface area contributed by atoms with Crippen molar-refractivity contribution in [2.45, 2.75) is 18.4 Å². The van der Waals surface area contributed by atoms with Crippen molar-refractivity contribution in [3.8, 4) is 10.6 Å². The molecule has 4 aromatic carbocycles. The van der Waals surface area contributed by atoms with Gasteiger partial charge >= 0.3 is 0 Å². The van der Waals surface area contributed by atoms with Crippen molar-refractivity contribution in [3.63, 3.8) is 0 Å². The molecule has 44 heavy (non-hydrogen) atoms. The van der Waals surface area contributed by atoms with Gasteiger partial charge in [-0.1, -0.05) is 109 Å². The van der Waals surface area contributed by atoms with E-state index >= 15 is 0 Å². The predicted octanol–water partition coefficient (Wildman–Crippen LogP) is 7.59. The molecule has 0 fully saturated rings. The fourth-order valence-corrected chi connectivity index (χ4v) is 7.03. The molecule has 1 atom stereocenters. The summed E-state index contributed by atoms with van der Waals surface area (Å²) in [6.07, 6.45) is 4.57. The van der Waals surface area contributed by atoms with Gasteiger partial charge in [0.1, 0.15) is 11.2 Å². The maximum absolute atomic E-state index is 13.2. The van der Waals surface area contributed by atoms with Crippen molar-refractivity contribution < 1.29 is 9.59 Å². The maximum atomic E-state index is 13.2. The molecule has 216 valence electrons. The molecule has 2 amide bonds. The van der Waals surface area contributed by atoms with E-state index in [0.717, 1.165) is 38.5 Å². The van der Waals surface area contributed by atoms with Crippen molar-refractivity contribution in [3.05, 3.63) is 161 Å². The first-order valence-corrected chi connectivity index (χ1v) is 15.5. The van der Waals surface area contributed by atoms with E-state index < -0.39 is 11.5 Å². The molecule has 1 unspecified atom stereocenters. The van der Waals surface area contributed by atoms with Crippen molar-refractivity contribution in [1.82, 2.24) is 9.55 Å². The lowest BCUT2D eigenvalue weighted by atomic mass is 9.77. The molecule has 0 bridgehead atoms. The number of rotatable bonds is 8. The van der Waals surface area contributed by atoms with Gasteiger partial charge < -0.3 is 15.2 Å². The van der Waals surface area contributed by atoms with Crippen LogP contribution >= 0.6 is 11.3 Å². The highest BCUT2D eigenvalue weighted by Crippen LogP contribution is 2.42. The summed E-state index contributed by atoms with van der Waals surface area (Å²) in [5, 5.41) is 7.96. The number of anilines is 2. The first-order chi connectivity index (χ1) is 21.6. The molecule has 0 spiro atoms. The fraction of sp³-hybridized carbons (Fsp3) is 0.108. The minimum atomic E-state index is -0.680. The van der Waals surface area contributed by atoms with Gasteiger partial charge in [0.2, 0.25) is 11.8 Å². The monoisotopic (exact) mass is 594 g/mol. The van der Waals surface area contributed by atoms with Crippen LogP contribution in [0.4, 0.5) is 11.4 Å². The van der Waals surface area contributed by atoms with Gasteiger partial charge in [-0.05, 0) is 46.2 Å². The first kappa shape index (κ1) is 27.6. The van der Waals surface area contributed by atoms with Crippen LogP contribution in [-0.2, 0) is 21.5 Å². The van der Waals surface area contributed by atoms with E-state index in [-0.39, 0.29) is 18.2 Å². The second kappa shape index (κ2) is 11.8. The van der Waals surface area contributed by atoms with E-state index in [1.54, 1.807) is 0 Å². The molecule has 3 heterocycles. The Hall–Kier alpha value is -5.27. The van der Waals surface area contributed by atoms with Crippen molar-refractivity contribution in [1.29, 1.82) is 0 Å². The van der Waals surface area contributed by atoms with Crippen molar-refractivity contribution in [2.75, 3.05) is 10.6 Å². The highest BCUT2D eigenvalue weighted by molar-refractivity contribution is 7.14. The van der Waals surface area contributed by atoms with Gasteiger partial charge in [0.05, 0.1) is 22.8 Å². The summed E-state index contributed by atoms with van der Waals surface area (Å²) in [6, 6.07) is 41.0. The molecule has 6 nitrogen and oxygen atoms in total. The molecule has 0 radical (unpaired) electrons. The third kappa shape index (κ3) is 5.01. The highest BCUT2D eigenvalue weighted by Gasteiger charge is 2.38. The Morgan fingerprint density at radius 2 is 1.43 bits per heavy atom. The summed E-state index contributed by atoms with van der Waals surface area (Å²) in [7, 11) is 0. The summed E-state index contributed by atoms with van der Waals surface area (Å²) < 4.78 is 2.16. The van der Waals surface area contributed by atoms with Crippen LogP contribution in [0, 0.1) is 5.92 Å². The third-order valence-corrected chi connectivity index (χ3v) is 9.20. The van der Waals surface area contributed by atoms with Crippen LogP contribution in [0.5, 0.6) is 0 Å². The Kier molecular flexibility index (Phi) is 7.38. The van der Waals surface area contributed by atoms with Gasteiger partial charge in [-0.3, -0.25) is 9.59 Å². The number of nitrogens with zero attached hydrogens (tertiary/aromatic N) is 2. The molecule has 7 heteroatoms. The number of aromatic nitrogens is 2. The number of fused-ring (bicyclic) bond motifs is 1. The molecular weight excluding hydrogens is 565 g/mol. The number of carbonyl (C=O) groups excluding carboxylic acids is 2. The minimum Gasteiger partial charge on any atom is -0.326 e. The van der Waals surface area contributed by atoms with Gasteiger partial charge in [0.15, 0.2) is 0 Å². The Labute approximate surface area is 260 Å². The average Bonchev–Trinajstić information content (AvgIpc) is 3.74. The Balaban J connectivity index is 1.22. The number of imidazole rings is 1. The lowest BCUT2D eigenvalue weighted by molar-refractivity contribution is -0.125. The molecule has 0 saturated carbocycles. The van der Waals surface area contributed by atoms with Crippen LogP contribution < -0.4 is 10.6 Å². The lowest BCUT2D eigenvalue weighted by Gasteiger charge is -2.37. The molecule has 0 saturated heterocycles. The Morgan fingerprint density at radius 1 is 0.841 bits per heavy atom. The summed E-state index contributed by atoms with van der Waals surface area (Å²) in [6.45, 7) is 0. The maximum Gasteiger partial charge on any atom is 0.228 e. The zero-order chi connectivity index (χ0) is 29.9. The van der Waals surface area contributed by atoms with Crippen LogP contribution in [0.3, 0.4) is 0 Å². The number of carbonyl (C=O) groups is 2. The smallest absolute Gasteiger partial charge is 0.228 e. The fourth-order valence-electron chi connectivity index (χ4n) is 6.22. The van der Waals surface area contributed by atoms with E-state index in [4.69, 9.17) is 4.98 Å². The molecule has 0 aliphatic carbocycles. The normalized spacial score (nSPS) is 14.5. The average molecular weight is 595 g/mol. The summed E-state index contributed by atoms with van der Waals surface area (Å²) >= 11 is 1.52.